The summed E-state index contributed by atoms with van der Waals surface area (Å²) in [6, 6.07) is 10.3. The normalized spacial score (nSPS) is 27.3. The Bertz CT molecular complexity index is 1540. The lowest BCUT2D eigenvalue weighted by Gasteiger charge is -2.41. The summed E-state index contributed by atoms with van der Waals surface area (Å²) in [5.74, 6) is -1.24. The van der Waals surface area contributed by atoms with Crippen molar-refractivity contribution in [1.82, 2.24) is 20.0 Å². The molecule has 3 aliphatic heterocycles. The van der Waals surface area contributed by atoms with Crippen LogP contribution in [0.1, 0.15) is 59.3 Å². The van der Waals surface area contributed by atoms with Gasteiger partial charge in [-0.15, -0.1) is 0 Å². The van der Waals surface area contributed by atoms with E-state index in [1.54, 1.807) is 37.4 Å². The highest BCUT2D eigenvalue weighted by Crippen LogP contribution is 2.61. The maximum Gasteiger partial charge on any atom is 0.356 e. The molecule has 4 atom stereocenters. The van der Waals surface area contributed by atoms with Gasteiger partial charge in [-0.25, -0.2) is 9.18 Å². The van der Waals surface area contributed by atoms with E-state index < -0.39 is 23.2 Å². The summed E-state index contributed by atoms with van der Waals surface area (Å²) >= 11 is 12.7. The van der Waals surface area contributed by atoms with Crippen LogP contribution in [-0.2, 0) is 21.6 Å². The van der Waals surface area contributed by atoms with E-state index in [9.17, 15) is 9.59 Å². The fraction of sp³-hybridized carbons (Fsp3) is 0.433. The highest BCUT2D eigenvalue weighted by Gasteiger charge is 2.69. The molecule has 214 valence electrons. The molecule has 1 amide bonds. The summed E-state index contributed by atoms with van der Waals surface area (Å²) in [5.41, 5.74) is 1.73. The van der Waals surface area contributed by atoms with Crippen molar-refractivity contribution in [2.75, 3.05) is 25.0 Å². The van der Waals surface area contributed by atoms with Gasteiger partial charge < -0.3 is 10.1 Å². The van der Waals surface area contributed by atoms with Gasteiger partial charge in [-0.1, -0.05) is 41.4 Å². The summed E-state index contributed by atoms with van der Waals surface area (Å²) in [4.78, 5) is 31.6. The molecule has 0 bridgehead atoms. The fourth-order valence-corrected chi connectivity index (χ4v) is 7.80. The predicted octanol–water partition coefficient (Wildman–Crippen LogP) is 5.33. The first-order valence-electron chi connectivity index (χ1n) is 14.1. The number of nitrogens with zero attached hydrogens (tertiary/aromatic N) is 3. The zero-order chi connectivity index (χ0) is 28.5. The summed E-state index contributed by atoms with van der Waals surface area (Å²) in [5, 5.41) is 10.6. The lowest BCUT2D eigenvalue weighted by atomic mass is 9.73. The van der Waals surface area contributed by atoms with E-state index in [1.807, 2.05) is 6.07 Å². The Hall–Kier alpha value is -2.98. The standard InChI is InChI=1S/C30H30Cl2FN5O3/c1-2-41-28(39)26-17(13-34-36-26)15-37-11-10-23-27(37)24(19-4-3-5-21(32)25(19)33)30(38(23)14-16-6-7-16)20-9-8-18(31)12-22(20)35-29(30)40/h3-5,8-9,12-13,16,23-24,27H,2,6-7,10-11,14-15H2,1H3,(H,34,36)(H,35,40)/t23-,24-,27+,30+/m0/s1. The van der Waals surface area contributed by atoms with Crippen molar-refractivity contribution in [2.45, 2.75) is 56.3 Å². The molecular formula is C30H30Cl2FN5O3. The number of likely N-dealkylation sites (tertiary alicyclic amines) is 2. The molecule has 1 aliphatic carbocycles. The van der Waals surface area contributed by atoms with Gasteiger partial charge in [0.1, 0.15) is 17.1 Å². The van der Waals surface area contributed by atoms with E-state index in [4.69, 9.17) is 27.9 Å². The molecule has 7 rings (SSSR count). The molecule has 4 heterocycles. The van der Waals surface area contributed by atoms with Crippen molar-refractivity contribution < 1.29 is 18.7 Å². The van der Waals surface area contributed by atoms with Gasteiger partial charge in [0.2, 0.25) is 5.91 Å². The van der Waals surface area contributed by atoms with E-state index in [2.05, 4.69) is 25.3 Å². The number of ether oxygens (including phenoxy) is 1. The predicted molar refractivity (Wildman–Crippen MR) is 152 cm³/mol. The number of nitrogens with one attached hydrogen (secondary N) is 2. The van der Waals surface area contributed by atoms with Crippen molar-refractivity contribution in [2.24, 2.45) is 5.92 Å². The van der Waals surface area contributed by atoms with Crippen LogP contribution in [0.2, 0.25) is 10.0 Å². The highest BCUT2D eigenvalue weighted by molar-refractivity contribution is 6.31. The van der Waals surface area contributed by atoms with E-state index in [0.717, 1.165) is 31.4 Å². The SMILES string of the molecule is CCOC(=O)c1[nH]ncc1CN1CC[C@H]2[C@@H]1[C@H](c1cccc(Cl)c1F)[C@]1(C(=O)Nc3cc(Cl)ccc31)N2CC1CC1. The molecular weight excluding hydrogens is 568 g/mol. The molecule has 2 N–H and O–H groups in total. The number of benzene rings is 2. The van der Waals surface area contributed by atoms with Crippen LogP contribution in [0, 0.1) is 11.7 Å². The minimum atomic E-state index is -1.15. The minimum absolute atomic E-state index is 0.0218. The van der Waals surface area contributed by atoms with Crippen LogP contribution in [-0.4, -0.2) is 63.7 Å². The molecule has 0 unspecified atom stereocenters. The molecule has 3 aromatic rings. The number of hydrogen-bond acceptors (Lipinski definition) is 6. The Labute approximate surface area is 247 Å². The highest BCUT2D eigenvalue weighted by atomic mass is 35.5. The first-order valence-corrected chi connectivity index (χ1v) is 14.9. The van der Waals surface area contributed by atoms with Gasteiger partial charge in [0.25, 0.3) is 0 Å². The number of aromatic amines is 1. The number of fused-ring (bicyclic) bond motifs is 3. The Morgan fingerprint density at radius 1 is 1.22 bits per heavy atom. The minimum Gasteiger partial charge on any atom is -0.461 e. The van der Waals surface area contributed by atoms with Crippen LogP contribution < -0.4 is 5.32 Å². The van der Waals surface area contributed by atoms with Crippen molar-refractivity contribution >= 4 is 40.8 Å². The third-order valence-electron chi connectivity index (χ3n) is 9.20. The molecule has 1 aromatic heterocycles. The number of rotatable bonds is 7. The van der Waals surface area contributed by atoms with Crippen LogP contribution in [0.3, 0.4) is 0 Å². The van der Waals surface area contributed by atoms with Crippen LogP contribution >= 0.6 is 23.2 Å². The molecule has 2 saturated heterocycles. The Kier molecular flexibility index (Phi) is 6.61. The number of carbonyl (C=O) groups excluding carboxylic acids is 2. The fourth-order valence-electron chi connectivity index (χ4n) is 7.45. The lowest BCUT2D eigenvalue weighted by Crippen LogP contribution is -2.53. The topological polar surface area (TPSA) is 90.6 Å². The van der Waals surface area contributed by atoms with E-state index in [0.29, 0.717) is 46.5 Å². The Morgan fingerprint density at radius 2 is 2.05 bits per heavy atom. The summed E-state index contributed by atoms with van der Waals surface area (Å²) in [6.45, 7) is 3.86. The number of anilines is 1. The van der Waals surface area contributed by atoms with E-state index >= 15 is 4.39 Å². The summed E-state index contributed by atoms with van der Waals surface area (Å²) < 4.78 is 21.3. The van der Waals surface area contributed by atoms with Gasteiger partial charge in [-0.05, 0) is 55.9 Å². The number of amides is 1. The number of carbonyl (C=O) groups is 2. The molecule has 1 saturated carbocycles. The van der Waals surface area contributed by atoms with Crippen LogP contribution in [0.25, 0.3) is 0 Å². The number of H-pyrrole nitrogens is 1. The smallest absolute Gasteiger partial charge is 0.356 e. The van der Waals surface area contributed by atoms with Crippen molar-refractivity contribution in [1.29, 1.82) is 0 Å². The molecule has 1 spiro atoms. The van der Waals surface area contributed by atoms with Crippen molar-refractivity contribution in [3.8, 4) is 0 Å². The van der Waals surface area contributed by atoms with Crippen LogP contribution in [0.15, 0.2) is 42.6 Å². The van der Waals surface area contributed by atoms with Crippen molar-refractivity contribution in [3.05, 3.63) is 80.8 Å². The third kappa shape index (κ3) is 4.12. The van der Waals surface area contributed by atoms with Crippen molar-refractivity contribution in [3.63, 3.8) is 0 Å². The second-order valence-electron chi connectivity index (χ2n) is 11.4. The molecule has 4 aliphatic rings. The lowest BCUT2D eigenvalue weighted by molar-refractivity contribution is -0.128. The first kappa shape index (κ1) is 26.9. The number of aromatic nitrogens is 2. The largest absolute Gasteiger partial charge is 0.461 e. The van der Waals surface area contributed by atoms with Gasteiger partial charge in [0.15, 0.2) is 0 Å². The molecule has 0 radical (unpaired) electrons. The van der Waals surface area contributed by atoms with Gasteiger partial charge in [-0.3, -0.25) is 19.7 Å². The second kappa shape index (κ2) is 10.1. The van der Waals surface area contributed by atoms with Gasteiger partial charge >= 0.3 is 5.97 Å². The van der Waals surface area contributed by atoms with E-state index in [1.165, 1.54) is 6.07 Å². The van der Waals surface area contributed by atoms with Gasteiger partial charge in [0.05, 0.1) is 17.8 Å². The number of halogens is 3. The average Bonchev–Trinajstić information content (AvgIpc) is 3.25. The Morgan fingerprint density at radius 3 is 2.83 bits per heavy atom. The molecule has 3 fully saturated rings. The van der Waals surface area contributed by atoms with Gasteiger partial charge in [-0.2, -0.15) is 5.10 Å². The maximum atomic E-state index is 16.1. The monoisotopic (exact) mass is 597 g/mol. The van der Waals surface area contributed by atoms with Gasteiger partial charge in [0, 0.05) is 59.5 Å². The quantitative estimate of drug-likeness (QED) is 0.358. The molecule has 11 heteroatoms. The zero-order valence-electron chi connectivity index (χ0n) is 22.5. The summed E-state index contributed by atoms with van der Waals surface area (Å²) in [7, 11) is 0. The summed E-state index contributed by atoms with van der Waals surface area (Å²) in [6.07, 6.45) is 4.65. The third-order valence-corrected chi connectivity index (χ3v) is 9.73. The maximum absolute atomic E-state index is 16.1. The zero-order valence-corrected chi connectivity index (χ0v) is 24.0. The van der Waals surface area contributed by atoms with Crippen LogP contribution in [0.5, 0.6) is 0 Å². The second-order valence-corrected chi connectivity index (χ2v) is 12.3. The van der Waals surface area contributed by atoms with E-state index in [-0.39, 0.29) is 29.6 Å². The first-order chi connectivity index (χ1) is 19.8. The Balaban J connectivity index is 1.40. The number of hydrogen-bond donors (Lipinski definition) is 2. The molecule has 41 heavy (non-hydrogen) atoms. The molecule has 8 nitrogen and oxygen atoms in total. The van der Waals surface area contributed by atoms with Crippen LogP contribution in [0.4, 0.5) is 10.1 Å². The molecule has 2 aromatic carbocycles. The average molecular weight is 599 g/mol. The number of esters is 1.